The van der Waals surface area contributed by atoms with E-state index in [0.29, 0.717) is 30.4 Å². The minimum absolute atomic E-state index is 0.0333. The Morgan fingerprint density at radius 3 is 2.73 bits per heavy atom. The van der Waals surface area contributed by atoms with Gasteiger partial charge in [-0.15, -0.1) is 0 Å². The minimum Gasteiger partial charge on any atom is -0.355 e. The molecule has 3 aromatic rings. The summed E-state index contributed by atoms with van der Waals surface area (Å²) in [5.74, 6) is 0.0745. The normalized spacial score (nSPS) is 15.8. The van der Waals surface area contributed by atoms with E-state index in [9.17, 15) is 14.4 Å². The molecule has 1 aliphatic heterocycles. The molecular formula is C20H19N3O3. The van der Waals surface area contributed by atoms with Gasteiger partial charge < -0.3 is 5.32 Å². The molecule has 26 heavy (non-hydrogen) atoms. The number of hydrogen-bond acceptors (Lipinski definition) is 3. The molecule has 6 heteroatoms. The Labute approximate surface area is 149 Å². The second kappa shape index (κ2) is 6.63. The zero-order chi connectivity index (χ0) is 18.1. The van der Waals surface area contributed by atoms with Crippen LogP contribution in [0.2, 0.25) is 0 Å². The average Bonchev–Trinajstić information content (AvgIpc) is 2.65. The lowest BCUT2D eigenvalue weighted by Crippen LogP contribution is -2.40. The maximum Gasteiger partial charge on any atom is 0.328 e. The Hall–Kier alpha value is -3.15. The van der Waals surface area contributed by atoms with Crippen LogP contribution in [0.15, 0.2) is 58.1 Å². The topological polar surface area (TPSA) is 84.0 Å². The number of amides is 1. The van der Waals surface area contributed by atoms with Crippen molar-refractivity contribution in [2.75, 3.05) is 6.54 Å². The van der Waals surface area contributed by atoms with Crippen molar-refractivity contribution in [1.82, 2.24) is 14.9 Å². The number of benzene rings is 2. The zero-order valence-corrected chi connectivity index (χ0v) is 14.2. The van der Waals surface area contributed by atoms with Gasteiger partial charge in [-0.25, -0.2) is 4.79 Å². The smallest absolute Gasteiger partial charge is 0.328 e. The average molecular weight is 349 g/mol. The summed E-state index contributed by atoms with van der Waals surface area (Å²) >= 11 is 0. The first-order valence-corrected chi connectivity index (χ1v) is 8.67. The summed E-state index contributed by atoms with van der Waals surface area (Å²) in [6, 6.07) is 15.1. The lowest BCUT2D eigenvalue weighted by Gasteiger charge is -2.26. The molecule has 0 bridgehead atoms. The molecule has 0 saturated carbocycles. The molecule has 132 valence electrons. The van der Waals surface area contributed by atoms with Crippen LogP contribution < -0.4 is 16.6 Å². The summed E-state index contributed by atoms with van der Waals surface area (Å²) in [6.07, 6.45) is 1.07. The molecule has 1 unspecified atom stereocenters. The number of rotatable bonds is 4. The van der Waals surface area contributed by atoms with Crippen LogP contribution in [0.3, 0.4) is 0 Å². The Morgan fingerprint density at radius 1 is 1.12 bits per heavy atom. The van der Waals surface area contributed by atoms with Gasteiger partial charge in [0, 0.05) is 13.1 Å². The molecule has 2 N–H and O–H groups in total. The number of aromatic nitrogens is 2. The Kier molecular flexibility index (Phi) is 4.16. The van der Waals surface area contributed by atoms with Crippen molar-refractivity contribution in [3.8, 4) is 0 Å². The van der Waals surface area contributed by atoms with E-state index >= 15 is 0 Å². The number of carbonyl (C=O) groups excluding carboxylic acids is 1. The molecular weight excluding hydrogens is 330 g/mol. The van der Waals surface area contributed by atoms with E-state index in [1.54, 1.807) is 10.6 Å². The molecule has 0 spiro atoms. The summed E-state index contributed by atoms with van der Waals surface area (Å²) in [4.78, 5) is 38.8. The van der Waals surface area contributed by atoms with Crippen molar-refractivity contribution in [3.05, 3.63) is 80.5 Å². The van der Waals surface area contributed by atoms with Gasteiger partial charge in [0.2, 0.25) is 5.91 Å². The maximum absolute atomic E-state index is 12.2. The number of para-hydroxylation sites is 1. The van der Waals surface area contributed by atoms with Gasteiger partial charge in [-0.05, 0) is 29.5 Å². The second-order valence-electron chi connectivity index (χ2n) is 6.72. The standard InChI is InChI=1S/C20H19N3O3/c24-17(10-13-5-2-1-3-6-13)21-11-14-9-15-7-4-8-16-18(15)23(12-14)20(26)22-19(16)25/h1-8,14H,9-12H2,(H,21,24)(H,22,25,26). The number of nitrogens with zero attached hydrogens (tertiary/aromatic N) is 1. The van der Waals surface area contributed by atoms with Gasteiger partial charge in [-0.2, -0.15) is 0 Å². The summed E-state index contributed by atoms with van der Waals surface area (Å²) < 4.78 is 1.61. The van der Waals surface area contributed by atoms with Crippen LogP contribution in [-0.4, -0.2) is 22.0 Å². The molecule has 0 saturated heterocycles. The predicted octanol–water partition coefficient (Wildman–Crippen LogP) is 1.22. The van der Waals surface area contributed by atoms with Crippen LogP contribution in [0, 0.1) is 5.92 Å². The number of carbonyl (C=O) groups is 1. The van der Waals surface area contributed by atoms with Crippen molar-refractivity contribution in [2.45, 2.75) is 19.4 Å². The largest absolute Gasteiger partial charge is 0.355 e. The molecule has 6 nitrogen and oxygen atoms in total. The van der Waals surface area contributed by atoms with Gasteiger partial charge in [-0.1, -0.05) is 42.5 Å². The quantitative estimate of drug-likeness (QED) is 0.743. The molecule has 0 fully saturated rings. The first-order chi connectivity index (χ1) is 12.6. The van der Waals surface area contributed by atoms with E-state index in [0.717, 1.165) is 17.5 Å². The summed E-state index contributed by atoms with van der Waals surface area (Å²) in [5, 5.41) is 3.50. The van der Waals surface area contributed by atoms with E-state index in [1.165, 1.54) is 0 Å². The van der Waals surface area contributed by atoms with Crippen LogP contribution >= 0.6 is 0 Å². The van der Waals surface area contributed by atoms with E-state index in [4.69, 9.17) is 0 Å². The Balaban J connectivity index is 1.50. The third-order valence-corrected chi connectivity index (χ3v) is 4.84. The maximum atomic E-state index is 12.2. The number of aromatic amines is 1. The SMILES string of the molecule is O=C(Cc1ccccc1)NCC1Cc2cccc3c(=O)[nH]c(=O)n(c23)C1. The third-order valence-electron chi connectivity index (χ3n) is 4.84. The summed E-state index contributed by atoms with van der Waals surface area (Å²) in [6.45, 7) is 0.974. The number of hydrogen-bond donors (Lipinski definition) is 2. The van der Waals surface area contributed by atoms with Crippen LogP contribution in [0.1, 0.15) is 11.1 Å². The number of H-pyrrole nitrogens is 1. The van der Waals surface area contributed by atoms with E-state index in [2.05, 4.69) is 10.3 Å². The van der Waals surface area contributed by atoms with Gasteiger partial charge in [0.05, 0.1) is 17.3 Å². The van der Waals surface area contributed by atoms with Gasteiger partial charge in [0.25, 0.3) is 5.56 Å². The molecule has 0 radical (unpaired) electrons. The Bertz CT molecular complexity index is 1080. The van der Waals surface area contributed by atoms with E-state index in [-0.39, 0.29) is 17.4 Å². The fourth-order valence-electron chi connectivity index (χ4n) is 3.64. The van der Waals surface area contributed by atoms with Crippen LogP contribution in [0.4, 0.5) is 0 Å². The highest BCUT2D eigenvalue weighted by molar-refractivity contribution is 5.82. The van der Waals surface area contributed by atoms with Crippen molar-refractivity contribution in [2.24, 2.45) is 5.92 Å². The van der Waals surface area contributed by atoms with Crippen molar-refractivity contribution in [3.63, 3.8) is 0 Å². The monoisotopic (exact) mass is 349 g/mol. The van der Waals surface area contributed by atoms with E-state index < -0.39 is 5.69 Å². The first kappa shape index (κ1) is 16.3. The first-order valence-electron chi connectivity index (χ1n) is 8.67. The number of nitrogens with one attached hydrogen (secondary N) is 2. The van der Waals surface area contributed by atoms with Crippen LogP contribution in [-0.2, 0) is 24.2 Å². The van der Waals surface area contributed by atoms with Crippen molar-refractivity contribution < 1.29 is 4.79 Å². The zero-order valence-electron chi connectivity index (χ0n) is 14.2. The molecule has 1 amide bonds. The van der Waals surface area contributed by atoms with E-state index in [1.807, 2.05) is 42.5 Å². The summed E-state index contributed by atoms with van der Waals surface area (Å²) in [7, 11) is 0. The van der Waals surface area contributed by atoms with Gasteiger partial charge in [0.15, 0.2) is 0 Å². The summed E-state index contributed by atoms with van der Waals surface area (Å²) in [5.41, 5.74) is 1.91. The molecule has 4 rings (SSSR count). The molecule has 1 aliphatic rings. The third kappa shape index (κ3) is 3.06. The lowest BCUT2D eigenvalue weighted by atomic mass is 9.93. The fourth-order valence-corrected chi connectivity index (χ4v) is 3.64. The molecule has 0 aliphatic carbocycles. The predicted molar refractivity (Wildman–Crippen MR) is 99.2 cm³/mol. The highest BCUT2D eigenvalue weighted by Crippen LogP contribution is 2.24. The minimum atomic E-state index is -0.393. The van der Waals surface area contributed by atoms with Gasteiger partial charge >= 0.3 is 5.69 Å². The molecule has 1 aromatic heterocycles. The van der Waals surface area contributed by atoms with Crippen LogP contribution in [0.25, 0.3) is 10.9 Å². The van der Waals surface area contributed by atoms with Crippen molar-refractivity contribution >= 4 is 16.8 Å². The molecule has 1 atom stereocenters. The lowest BCUT2D eigenvalue weighted by molar-refractivity contribution is -0.120. The Morgan fingerprint density at radius 2 is 1.92 bits per heavy atom. The highest BCUT2D eigenvalue weighted by Gasteiger charge is 2.23. The van der Waals surface area contributed by atoms with Gasteiger partial charge in [0.1, 0.15) is 0 Å². The molecule has 2 aromatic carbocycles. The molecule has 2 heterocycles. The van der Waals surface area contributed by atoms with Gasteiger partial charge in [-0.3, -0.25) is 19.1 Å². The fraction of sp³-hybridized carbons (Fsp3) is 0.250. The van der Waals surface area contributed by atoms with Crippen molar-refractivity contribution in [1.29, 1.82) is 0 Å². The van der Waals surface area contributed by atoms with Crippen LogP contribution in [0.5, 0.6) is 0 Å². The second-order valence-corrected chi connectivity index (χ2v) is 6.72. The highest BCUT2D eigenvalue weighted by atomic mass is 16.2.